The second-order valence-electron chi connectivity index (χ2n) is 10.9. The molecule has 0 saturated heterocycles. The summed E-state index contributed by atoms with van der Waals surface area (Å²) < 4.78 is 35.0. The monoisotopic (exact) mass is 627 g/mol. The van der Waals surface area contributed by atoms with Crippen LogP contribution in [0.15, 0.2) is 108 Å². The fraction of sp³-hybridized carbons (Fsp3) is 0.278. The Labute approximate surface area is 266 Å². The number of amides is 2. The Morgan fingerprint density at radius 3 is 1.96 bits per heavy atom. The van der Waals surface area contributed by atoms with Gasteiger partial charge in [0.05, 0.1) is 17.2 Å². The van der Waals surface area contributed by atoms with Crippen molar-refractivity contribution >= 4 is 27.5 Å². The van der Waals surface area contributed by atoms with Crippen molar-refractivity contribution in [3.8, 4) is 5.75 Å². The Hall–Kier alpha value is -4.63. The van der Waals surface area contributed by atoms with Gasteiger partial charge in [0.1, 0.15) is 18.3 Å². The number of nitrogens with one attached hydrogen (secondary N) is 1. The molecule has 1 atom stereocenters. The van der Waals surface area contributed by atoms with E-state index >= 15 is 0 Å². The maximum Gasteiger partial charge on any atom is 0.264 e. The SMILES string of the molecule is CCNC(=O)[C@H](Cc1ccccc1)N(Cc1ccc(C)cc1)C(=O)CN(c1ccc(C)cc1)S(=O)(=O)c1ccc(OCC)cc1. The first-order valence-corrected chi connectivity index (χ1v) is 16.5. The average molecular weight is 628 g/mol. The van der Waals surface area contributed by atoms with Gasteiger partial charge in [0, 0.05) is 19.5 Å². The average Bonchev–Trinajstić information content (AvgIpc) is 3.04. The molecular formula is C36H41N3O5S. The van der Waals surface area contributed by atoms with E-state index in [4.69, 9.17) is 4.74 Å². The molecular weight excluding hydrogens is 586 g/mol. The van der Waals surface area contributed by atoms with E-state index in [-0.39, 0.29) is 23.8 Å². The van der Waals surface area contributed by atoms with Crippen molar-refractivity contribution in [3.05, 3.63) is 125 Å². The summed E-state index contributed by atoms with van der Waals surface area (Å²) in [4.78, 5) is 29.5. The quantitative estimate of drug-likeness (QED) is 0.194. The minimum Gasteiger partial charge on any atom is -0.494 e. The van der Waals surface area contributed by atoms with Gasteiger partial charge in [0.2, 0.25) is 11.8 Å². The summed E-state index contributed by atoms with van der Waals surface area (Å²) in [5.74, 6) is -0.264. The van der Waals surface area contributed by atoms with Crippen LogP contribution in [0.2, 0.25) is 0 Å². The maximum atomic E-state index is 14.4. The molecule has 0 bridgehead atoms. The van der Waals surface area contributed by atoms with Gasteiger partial charge in [0.15, 0.2) is 0 Å². The zero-order valence-corrected chi connectivity index (χ0v) is 27.1. The van der Waals surface area contributed by atoms with Gasteiger partial charge in [-0.2, -0.15) is 0 Å². The third-order valence-electron chi connectivity index (χ3n) is 7.42. The van der Waals surface area contributed by atoms with Crippen LogP contribution in [0.5, 0.6) is 5.75 Å². The lowest BCUT2D eigenvalue weighted by Gasteiger charge is -2.34. The molecule has 2 amide bonds. The Bertz CT molecular complexity index is 1660. The highest BCUT2D eigenvalue weighted by Crippen LogP contribution is 2.27. The number of hydrogen-bond donors (Lipinski definition) is 1. The summed E-state index contributed by atoms with van der Waals surface area (Å²) in [6.07, 6.45) is 0.264. The van der Waals surface area contributed by atoms with E-state index in [9.17, 15) is 18.0 Å². The molecule has 4 aromatic carbocycles. The van der Waals surface area contributed by atoms with Crippen LogP contribution >= 0.6 is 0 Å². The topological polar surface area (TPSA) is 96.0 Å². The van der Waals surface area contributed by atoms with Crippen molar-refractivity contribution < 1.29 is 22.7 Å². The highest BCUT2D eigenvalue weighted by Gasteiger charge is 2.34. The molecule has 0 fully saturated rings. The summed E-state index contributed by atoms with van der Waals surface area (Å²) in [5, 5.41) is 2.88. The molecule has 0 aliphatic heterocycles. The predicted octanol–water partition coefficient (Wildman–Crippen LogP) is 5.67. The van der Waals surface area contributed by atoms with Crippen LogP contribution < -0.4 is 14.4 Å². The zero-order chi connectivity index (χ0) is 32.4. The van der Waals surface area contributed by atoms with Crippen LogP contribution in [-0.2, 0) is 32.6 Å². The molecule has 0 aromatic heterocycles. The maximum absolute atomic E-state index is 14.4. The van der Waals surface area contributed by atoms with Crippen molar-refractivity contribution in [1.29, 1.82) is 0 Å². The fourth-order valence-corrected chi connectivity index (χ4v) is 6.39. The lowest BCUT2D eigenvalue weighted by Crippen LogP contribution is -2.53. The van der Waals surface area contributed by atoms with E-state index in [1.807, 2.05) is 82.3 Å². The molecule has 0 heterocycles. The van der Waals surface area contributed by atoms with Gasteiger partial charge in [0.25, 0.3) is 10.0 Å². The van der Waals surface area contributed by atoms with Crippen molar-refractivity contribution in [2.45, 2.75) is 51.6 Å². The van der Waals surface area contributed by atoms with Crippen molar-refractivity contribution in [2.24, 2.45) is 0 Å². The number of hydrogen-bond acceptors (Lipinski definition) is 5. The summed E-state index contributed by atoms with van der Waals surface area (Å²) in [7, 11) is -4.19. The summed E-state index contributed by atoms with van der Waals surface area (Å²) >= 11 is 0. The number of rotatable bonds is 14. The first-order chi connectivity index (χ1) is 21.6. The van der Waals surface area contributed by atoms with E-state index in [1.165, 1.54) is 17.0 Å². The number of anilines is 1. The van der Waals surface area contributed by atoms with Gasteiger partial charge >= 0.3 is 0 Å². The molecule has 4 rings (SSSR count). The number of carbonyl (C=O) groups is 2. The van der Waals surface area contributed by atoms with Gasteiger partial charge < -0.3 is 15.0 Å². The molecule has 1 N–H and O–H groups in total. The van der Waals surface area contributed by atoms with Crippen LogP contribution in [0, 0.1) is 13.8 Å². The third-order valence-corrected chi connectivity index (χ3v) is 9.21. The Kier molecular flexibility index (Phi) is 11.4. The highest BCUT2D eigenvalue weighted by atomic mass is 32.2. The molecule has 4 aromatic rings. The minimum absolute atomic E-state index is 0.0222. The first kappa shape index (κ1) is 33.3. The molecule has 8 nitrogen and oxygen atoms in total. The van der Waals surface area contributed by atoms with Crippen molar-refractivity contribution in [2.75, 3.05) is 24.0 Å². The zero-order valence-electron chi connectivity index (χ0n) is 26.3. The molecule has 45 heavy (non-hydrogen) atoms. The Morgan fingerprint density at radius 2 is 1.38 bits per heavy atom. The second kappa shape index (κ2) is 15.4. The molecule has 236 valence electrons. The van der Waals surface area contributed by atoms with Crippen LogP contribution in [0.3, 0.4) is 0 Å². The molecule has 0 saturated carbocycles. The van der Waals surface area contributed by atoms with Crippen molar-refractivity contribution in [3.63, 3.8) is 0 Å². The van der Waals surface area contributed by atoms with Gasteiger partial charge in [-0.15, -0.1) is 0 Å². The summed E-state index contributed by atoms with van der Waals surface area (Å²) in [6.45, 7) is 8.01. The summed E-state index contributed by atoms with van der Waals surface area (Å²) in [6, 6.07) is 29.5. The molecule has 0 aliphatic carbocycles. The number of nitrogens with zero attached hydrogens (tertiary/aromatic N) is 2. The van der Waals surface area contributed by atoms with Gasteiger partial charge in [-0.3, -0.25) is 13.9 Å². The first-order valence-electron chi connectivity index (χ1n) is 15.1. The second-order valence-corrected chi connectivity index (χ2v) is 12.7. The van der Waals surface area contributed by atoms with Gasteiger partial charge in [-0.25, -0.2) is 8.42 Å². The summed E-state index contributed by atoms with van der Waals surface area (Å²) in [5.41, 5.74) is 4.06. The van der Waals surface area contributed by atoms with Crippen LogP contribution in [0.25, 0.3) is 0 Å². The van der Waals surface area contributed by atoms with E-state index in [1.54, 1.807) is 36.4 Å². The normalized spacial score (nSPS) is 11.8. The number of benzene rings is 4. The van der Waals surface area contributed by atoms with Gasteiger partial charge in [-0.1, -0.05) is 77.9 Å². The lowest BCUT2D eigenvalue weighted by atomic mass is 10.0. The number of sulfonamides is 1. The van der Waals surface area contributed by atoms with Crippen LogP contribution in [-0.4, -0.2) is 50.9 Å². The predicted molar refractivity (Wildman–Crippen MR) is 178 cm³/mol. The van der Waals surface area contributed by atoms with E-state index < -0.39 is 28.5 Å². The molecule has 0 spiro atoms. The van der Waals surface area contributed by atoms with E-state index in [0.29, 0.717) is 24.6 Å². The number of likely N-dealkylation sites (N-methyl/N-ethyl adjacent to an activating group) is 1. The van der Waals surface area contributed by atoms with E-state index in [2.05, 4.69) is 5.32 Å². The molecule has 0 aliphatic rings. The largest absolute Gasteiger partial charge is 0.494 e. The standard InChI is InChI=1S/C36H41N3O5S/c1-5-37-36(41)34(24-29-10-8-7-9-11-29)38(25-30-16-12-27(3)13-17-30)35(40)26-39(31-18-14-28(4)15-19-31)45(42,43)33-22-20-32(21-23-33)44-6-2/h7-23,34H,5-6,24-26H2,1-4H3,(H,37,41)/t34-/m0/s1. The number of carbonyl (C=O) groups excluding carboxylic acids is 2. The van der Waals surface area contributed by atoms with E-state index in [0.717, 1.165) is 26.6 Å². The van der Waals surface area contributed by atoms with Gasteiger partial charge in [-0.05, 0) is 75.2 Å². The van der Waals surface area contributed by atoms with Crippen LogP contribution in [0.1, 0.15) is 36.1 Å². The number of aryl methyl sites for hydroxylation is 2. The van der Waals surface area contributed by atoms with Crippen LogP contribution in [0.4, 0.5) is 5.69 Å². The third kappa shape index (κ3) is 8.73. The highest BCUT2D eigenvalue weighted by molar-refractivity contribution is 7.92. The van der Waals surface area contributed by atoms with Crippen molar-refractivity contribution in [1.82, 2.24) is 10.2 Å². The molecule has 0 unspecified atom stereocenters. The Morgan fingerprint density at radius 1 is 0.778 bits per heavy atom. The fourth-order valence-electron chi connectivity index (χ4n) is 4.98. The minimum atomic E-state index is -4.19. The molecule has 9 heteroatoms. The number of ether oxygens (including phenoxy) is 1. The Balaban J connectivity index is 1.77. The smallest absolute Gasteiger partial charge is 0.264 e. The lowest BCUT2D eigenvalue weighted by molar-refractivity contribution is -0.140. The molecule has 0 radical (unpaired) electrons.